The summed E-state index contributed by atoms with van der Waals surface area (Å²) in [5.41, 5.74) is -2.42. The predicted octanol–water partition coefficient (Wildman–Crippen LogP) is 6.82. The Bertz CT molecular complexity index is 1430. The van der Waals surface area contributed by atoms with Crippen LogP contribution >= 0.6 is 11.6 Å². The third-order valence-corrected chi connectivity index (χ3v) is 4.75. The smallest absolute Gasteiger partial charge is 0.435 e. The van der Waals surface area contributed by atoms with E-state index in [9.17, 15) is 18.8 Å². The molecule has 1 N–H and O–H groups in total. The molecule has 3 aromatic rings. The predicted molar refractivity (Wildman–Crippen MR) is 147 cm³/mol. The molecule has 0 spiro atoms. The summed E-state index contributed by atoms with van der Waals surface area (Å²) in [7, 11) is 0. The van der Waals surface area contributed by atoms with Crippen molar-refractivity contribution in [2.45, 2.75) is 79.1 Å². The van der Waals surface area contributed by atoms with E-state index in [1.54, 1.807) is 62.3 Å². The highest BCUT2D eigenvalue weighted by molar-refractivity contribution is 6.28. The number of rotatable bonds is 3. The number of anilines is 3. The molecule has 12 nitrogen and oxygen atoms in total. The van der Waals surface area contributed by atoms with E-state index in [1.807, 2.05) is 0 Å². The second kappa shape index (κ2) is 10.9. The number of hydrogen-bond acceptors (Lipinski definition) is 10. The first-order chi connectivity index (χ1) is 18.2. The van der Waals surface area contributed by atoms with Crippen LogP contribution in [0.2, 0.25) is 5.28 Å². The molecule has 0 bridgehead atoms. The SMILES string of the molecule is CC(C)(C)OC(=O)N(C(=O)OC(C)(C)C)c1nn(C(=O)OC(C)(C)C)c2ccc(Nc3nc(Cl)ncc3F)cc12. The molecule has 0 radical (unpaired) electrons. The molecule has 0 saturated heterocycles. The Hall–Kier alpha value is -4.00. The van der Waals surface area contributed by atoms with E-state index in [0.29, 0.717) is 4.90 Å². The second-order valence-electron chi connectivity index (χ2n) is 11.7. The van der Waals surface area contributed by atoms with Gasteiger partial charge in [-0.2, -0.15) is 14.6 Å². The average molecular weight is 579 g/mol. The summed E-state index contributed by atoms with van der Waals surface area (Å²) in [4.78, 5) is 47.8. The van der Waals surface area contributed by atoms with Crippen LogP contribution in [0.1, 0.15) is 62.3 Å². The molecular formula is C26H32ClFN6O6. The number of fused-ring (bicyclic) bond motifs is 1. The van der Waals surface area contributed by atoms with Crippen molar-refractivity contribution >= 4 is 58.1 Å². The number of amides is 2. The molecule has 0 aliphatic rings. The Kier molecular flexibility index (Phi) is 8.30. The average Bonchev–Trinajstić information content (AvgIpc) is 3.11. The molecule has 2 aromatic heterocycles. The number of carbonyl (C=O) groups excluding carboxylic acids is 3. The lowest BCUT2D eigenvalue weighted by Gasteiger charge is -2.27. The molecular weight excluding hydrogens is 547 g/mol. The number of nitrogens with one attached hydrogen (secondary N) is 1. The Morgan fingerprint density at radius 1 is 0.925 bits per heavy atom. The van der Waals surface area contributed by atoms with Crippen molar-refractivity contribution in [1.82, 2.24) is 19.7 Å². The number of benzene rings is 1. The van der Waals surface area contributed by atoms with Crippen LogP contribution in [0.4, 0.5) is 36.1 Å². The number of halogens is 2. The lowest BCUT2D eigenvalue weighted by Crippen LogP contribution is -2.44. The molecule has 0 aliphatic heterocycles. The Labute approximate surface area is 235 Å². The van der Waals surface area contributed by atoms with Crippen molar-refractivity contribution in [3.05, 3.63) is 35.5 Å². The van der Waals surface area contributed by atoms with Crippen LogP contribution in [0.15, 0.2) is 24.4 Å². The largest absolute Gasteiger partial charge is 0.443 e. The first kappa shape index (κ1) is 30.5. The van der Waals surface area contributed by atoms with Crippen LogP contribution in [0.25, 0.3) is 10.9 Å². The number of hydrogen-bond donors (Lipinski definition) is 1. The highest BCUT2D eigenvalue weighted by Gasteiger charge is 2.37. The van der Waals surface area contributed by atoms with E-state index >= 15 is 0 Å². The van der Waals surface area contributed by atoms with Gasteiger partial charge in [-0.1, -0.05) is 0 Å². The summed E-state index contributed by atoms with van der Waals surface area (Å²) >= 11 is 5.81. The van der Waals surface area contributed by atoms with Gasteiger partial charge in [-0.15, -0.1) is 5.10 Å². The second-order valence-corrected chi connectivity index (χ2v) is 12.0. The van der Waals surface area contributed by atoms with Gasteiger partial charge in [0.2, 0.25) is 5.28 Å². The molecule has 2 amide bonds. The summed E-state index contributed by atoms with van der Waals surface area (Å²) in [6, 6.07) is 4.42. The van der Waals surface area contributed by atoms with Gasteiger partial charge in [-0.05, 0) is 92.1 Å². The molecule has 0 saturated carbocycles. The van der Waals surface area contributed by atoms with Gasteiger partial charge in [-0.3, -0.25) is 0 Å². The molecule has 14 heteroatoms. The van der Waals surface area contributed by atoms with Crippen molar-refractivity contribution in [1.29, 1.82) is 0 Å². The van der Waals surface area contributed by atoms with Crippen molar-refractivity contribution in [2.75, 3.05) is 10.2 Å². The number of ether oxygens (including phenoxy) is 3. The molecule has 216 valence electrons. The van der Waals surface area contributed by atoms with Crippen LogP contribution in [-0.4, -0.2) is 54.8 Å². The molecule has 0 aliphatic carbocycles. The highest BCUT2D eigenvalue weighted by Crippen LogP contribution is 2.33. The van der Waals surface area contributed by atoms with E-state index in [1.165, 1.54) is 18.2 Å². The number of carbonyl (C=O) groups is 3. The van der Waals surface area contributed by atoms with Crippen LogP contribution < -0.4 is 10.2 Å². The maximum Gasteiger partial charge on any atom is 0.435 e. The van der Waals surface area contributed by atoms with Crippen molar-refractivity contribution < 1.29 is 33.0 Å². The fraction of sp³-hybridized carbons (Fsp3) is 0.462. The van der Waals surface area contributed by atoms with Gasteiger partial charge in [0, 0.05) is 11.1 Å². The quantitative estimate of drug-likeness (QED) is 0.260. The Morgan fingerprint density at radius 2 is 1.48 bits per heavy atom. The molecule has 3 rings (SSSR count). The van der Waals surface area contributed by atoms with Gasteiger partial charge < -0.3 is 19.5 Å². The normalized spacial score (nSPS) is 12.2. The monoisotopic (exact) mass is 578 g/mol. The van der Waals surface area contributed by atoms with E-state index in [4.69, 9.17) is 25.8 Å². The van der Waals surface area contributed by atoms with E-state index in [2.05, 4.69) is 20.4 Å². The van der Waals surface area contributed by atoms with Gasteiger partial charge in [0.25, 0.3) is 0 Å². The van der Waals surface area contributed by atoms with E-state index < -0.39 is 40.9 Å². The molecule has 0 fully saturated rings. The summed E-state index contributed by atoms with van der Waals surface area (Å²) < 4.78 is 31.6. The first-order valence-electron chi connectivity index (χ1n) is 12.2. The minimum absolute atomic E-state index is 0.133. The van der Waals surface area contributed by atoms with Gasteiger partial charge in [0.15, 0.2) is 17.5 Å². The van der Waals surface area contributed by atoms with Gasteiger partial charge in [-0.25, -0.2) is 23.8 Å². The topological polar surface area (TPSA) is 138 Å². The lowest BCUT2D eigenvalue weighted by atomic mass is 10.2. The first-order valence-corrected chi connectivity index (χ1v) is 12.6. The summed E-state index contributed by atoms with van der Waals surface area (Å²) in [5, 5.41) is 6.98. The third-order valence-electron chi connectivity index (χ3n) is 4.57. The van der Waals surface area contributed by atoms with Gasteiger partial charge in [0.05, 0.1) is 11.7 Å². The van der Waals surface area contributed by atoms with Gasteiger partial charge in [0.1, 0.15) is 16.8 Å². The van der Waals surface area contributed by atoms with Crippen molar-refractivity contribution in [2.24, 2.45) is 0 Å². The van der Waals surface area contributed by atoms with Crippen molar-refractivity contribution in [3.63, 3.8) is 0 Å². The van der Waals surface area contributed by atoms with Crippen LogP contribution in [-0.2, 0) is 14.2 Å². The maximum atomic E-state index is 14.3. The Morgan fingerprint density at radius 3 is 2.00 bits per heavy atom. The van der Waals surface area contributed by atoms with E-state index in [0.717, 1.165) is 10.9 Å². The number of nitrogens with zero attached hydrogens (tertiary/aromatic N) is 5. The molecule has 0 atom stereocenters. The minimum Gasteiger partial charge on any atom is -0.443 e. The summed E-state index contributed by atoms with van der Waals surface area (Å²) in [6.07, 6.45) is -2.16. The number of aromatic nitrogens is 4. The minimum atomic E-state index is -1.09. The fourth-order valence-electron chi connectivity index (χ4n) is 3.22. The molecule has 40 heavy (non-hydrogen) atoms. The maximum absolute atomic E-state index is 14.3. The molecule has 2 heterocycles. The lowest BCUT2D eigenvalue weighted by molar-refractivity contribution is 0.0421. The van der Waals surface area contributed by atoms with Crippen LogP contribution in [0, 0.1) is 5.82 Å². The zero-order valence-electron chi connectivity index (χ0n) is 23.8. The van der Waals surface area contributed by atoms with E-state index in [-0.39, 0.29) is 33.5 Å². The zero-order valence-corrected chi connectivity index (χ0v) is 24.5. The van der Waals surface area contributed by atoms with Crippen LogP contribution in [0.3, 0.4) is 0 Å². The fourth-order valence-corrected chi connectivity index (χ4v) is 3.36. The summed E-state index contributed by atoms with van der Waals surface area (Å²) in [6.45, 7) is 14.8. The highest BCUT2D eigenvalue weighted by atomic mass is 35.5. The van der Waals surface area contributed by atoms with Crippen LogP contribution in [0.5, 0.6) is 0 Å². The van der Waals surface area contributed by atoms with Crippen molar-refractivity contribution in [3.8, 4) is 0 Å². The number of imide groups is 1. The summed E-state index contributed by atoms with van der Waals surface area (Å²) in [5.74, 6) is -1.29. The zero-order chi connectivity index (χ0) is 30.2. The molecule has 1 aromatic carbocycles. The Balaban J connectivity index is 2.25. The van der Waals surface area contributed by atoms with Gasteiger partial charge >= 0.3 is 18.3 Å². The molecule has 0 unspecified atom stereocenters. The third kappa shape index (κ3) is 7.78. The standard InChI is InChI=1S/C26H32ClFN6O6/c1-24(2,3)38-21(35)33(22(36)39-25(4,5)6)19-15-12-14(30-18-16(28)13-29-20(27)31-18)10-11-17(15)34(32-19)23(37)40-26(7,8)9/h10-13H,1-9H3,(H,29,30,31).